The standard InChI is InChI=1S/C33H40F3NO3/c1-3-5-7-8-9-10-12-25-13-15-26(16-14-25)28-19-22-30(37-24-28)27-17-20-29(21-18-27)40-32(38)31(33(34,35)36)39-23-11-6-4-2/h13-22,24,31H,3-12,23H2,1-2H3. The lowest BCUT2D eigenvalue weighted by atomic mass is 10.0. The van der Waals surface area contributed by atoms with Crippen molar-refractivity contribution in [1.82, 2.24) is 4.98 Å². The molecule has 0 radical (unpaired) electrons. The van der Waals surface area contributed by atoms with Gasteiger partial charge < -0.3 is 9.47 Å². The topological polar surface area (TPSA) is 48.4 Å². The Morgan fingerprint density at radius 2 is 1.35 bits per heavy atom. The van der Waals surface area contributed by atoms with Gasteiger partial charge in [0.05, 0.1) is 5.69 Å². The number of ether oxygens (including phenoxy) is 2. The van der Waals surface area contributed by atoms with E-state index in [-0.39, 0.29) is 12.4 Å². The van der Waals surface area contributed by atoms with Crippen LogP contribution in [0.2, 0.25) is 0 Å². The van der Waals surface area contributed by atoms with E-state index in [0.717, 1.165) is 36.0 Å². The van der Waals surface area contributed by atoms with Crippen molar-refractivity contribution in [1.29, 1.82) is 0 Å². The molecule has 2 aromatic carbocycles. The molecule has 0 N–H and O–H groups in total. The Morgan fingerprint density at radius 3 is 1.98 bits per heavy atom. The van der Waals surface area contributed by atoms with E-state index in [2.05, 4.69) is 36.2 Å². The SMILES string of the molecule is CCCCCCCCc1ccc(-c2ccc(-c3ccc(OC(=O)C(OCCCCC)C(F)(F)F)cc3)nc2)cc1. The van der Waals surface area contributed by atoms with Gasteiger partial charge in [0.15, 0.2) is 0 Å². The van der Waals surface area contributed by atoms with Gasteiger partial charge in [-0.05, 0) is 60.7 Å². The molecule has 0 aliphatic heterocycles. The Morgan fingerprint density at radius 1 is 0.750 bits per heavy atom. The highest BCUT2D eigenvalue weighted by atomic mass is 19.4. The summed E-state index contributed by atoms with van der Waals surface area (Å²) < 4.78 is 49.7. The molecule has 0 saturated heterocycles. The number of unbranched alkanes of at least 4 members (excludes halogenated alkanes) is 7. The van der Waals surface area contributed by atoms with Gasteiger partial charge in [-0.1, -0.05) is 89.1 Å². The number of benzene rings is 2. The van der Waals surface area contributed by atoms with Crippen molar-refractivity contribution in [3.05, 3.63) is 72.4 Å². The molecule has 1 aromatic heterocycles. The zero-order chi connectivity index (χ0) is 28.8. The van der Waals surface area contributed by atoms with Crippen molar-refractivity contribution >= 4 is 5.97 Å². The summed E-state index contributed by atoms with van der Waals surface area (Å²) in [5.41, 5.74) is 4.88. The summed E-state index contributed by atoms with van der Waals surface area (Å²) in [6, 6.07) is 18.7. The van der Waals surface area contributed by atoms with E-state index in [1.165, 1.54) is 56.2 Å². The van der Waals surface area contributed by atoms with Crippen LogP contribution in [0.4, 0.5) is 13.2 Å². The molecule has 7 heteroatoms. The average Bonchev–Trinajstić information content (AvgIpc) is 2.95. The second-order valence-electron chi connectivity index (χ2n) is 10.1. The third-order valence-electron chi connectivity index (χ3n) is 6.78. The van der Waals surface area contributed by atoms with Gasteiger partial charge in [-0.15, -0.1) is 0 Å². The molecule has 0 aliphatic carbocycles. The summed E-state index contributed by atoms with van der Waals surface area (Å²) in [6.07, 6.45) is 5.17. The van der Waals surface area contributed by atoms with Crippen molar-refractivity contribution < 1.29 is 27.4 Å². The van der Waals surface area contributed by atoms with Crippen LogP contribution in [0.5, 0.6) is 5.75 Å². The number of carbonyl (C=O) groups excluding carboxylic acids is 1. The summed E-state index contributed by atoms with van der Waals surface area (Å²) in [7, 11) is 0. The van der Waals surface area contributed by atoms with Crippen LogP contribution in [-0.2, 0) is 16.0 Å². The van der Waals surface area contributed by atoms with E-state index in [1.54, 1.807) is 18.3 Å². The lowest BCUT2D eigenvalue weighted by Gasteiger charge is -2.19. The minimum Gasteiger partial charge on any atom is -0.424 e. The Labute approximate surface area is 235 Å². The fourth-order valence-corrected chi connectivity index (χ4v) is 4.42. The van der Waals surface area contributed by atoms with E-state index in [4.69, 9.17) is 9.47 Å². The third kappa shape index (κ3) is 10.1. The molecule has 1 unspecified atom stereocenters. The van der Waals surface area contributed by atoms with E-state index < -0.39 is 18.2 Å². The Kier molecular flexibility index (Phi) is 12.7. The Hall–Kier alpha value is -3.19. The number of alkyl halides is 3. The van der Waals surface area contributed by atoms with Crippen molar-refractivity contribution in [3.8, 4) is 28.1 Å². The minimum atomic E-state index is -4.84. The number of aryl methyl sites for hydroxylation is 1. The van der Waals surface area contributed by atoms with Crippen LogP contribution in [0.25, 0.3) is 22.4 Å². The van der Waals surface area contributed by atoms with Crippen molar-refractivity contribution in [3.63, 3.8) is 0 Å². The highest BCUT2D eigenvalue weighted by Crippen LogP contribution is 2.28. The molecule has 3 rings (SSSR count). The van der Waals surface area contributed by atoms with Crippen molar-refractivity contribution in [2.45, 2.75) is 90.3 Å². The normalized spacial score (nSPS) is 12.3. The summed E-state index contributed by atoms with van der Waals surface area (Å²) in [4.78, 5) is 16.7. The Bertz CT molecular complexity index is 1140. The molecule has 0 amide bonds. The molecule has 3 aromatic rings. The van der Waals surface area contributed by atoms with Gasteiger partial charge in [0, 0.05) is 23.9 Å². The van der Waals surface area contributed by atoms with Crippen LogP contribution >= 0.6 is 0 Å². The van der Waals surface area contributed by atoms with Gasteiger partial charge in [0.25, 0.3) is 6.10 Å². The van der Waals surface area contributed by atoms with Gasteiger partial charge >= 0.3 is 12.1 Å². The number of pyridine rings is 1. The van der Waals surface area contributed by atoms with E-state index in [1.807, 2.05) is 19.1 Å². The smallest absolute Gasteiger partial charge is 0.424 e. The van der Waals surface area contributed by atoms with E-state index >= 15 is 0 Å². The monoisotopic (exact) mass is 555 g/mol. The number of nitrogens with zero attached hydrogens (tertiary/aromatic N) is 1. The van der Waals surface area contributed by atoms with Crippen LogP contribution in [0.3, 0.4) is 0 Å². The van der Waals surface area contributed by atoms with Crippen LogP contribution in [-0.4, -0.2) is 29.8 Å². The molecule has 40 heavy (non-hydrogen) atoms. The second-order valence-corrected chi connectivity index (χ2v) is 10.1. The minimum absolute atomic E-state index is 0.0119. The molecule has 4 nitrogen and oxygen atoms in total. The molecule has 216 valence electrons. The van der Waals surface area contributed by atoms with E-state index in [9.17, 15) is 18.0 Å². The fraction of sp³-hybridized carbons (Fsp3) is 0.455. The first-order chi connectivity index (χ1) is 19.3. The molecule has 0 bridgehead atoms. The number of aromatic nitrogens is 1. The van der Waals surface area contributed by atoms with Crippen LogP contribution in [0.1, 0.15) is 77.2 Å². The summed E-state index contributed by atoms with van der Waals surface area (Å²) in [5, 5.41) is 0. The summed E-state index contributed by atoms with van der Waals surface area (Å²) >= 11 is 0. The number of hydrogen-bond acceptors (Lipinski definition) is 4. The highest BCUT2D eigenvalue weighted by molar-refractivity contribution is 5.78. The fourth-order valence-electron chi connectivity index (χ4n) is 4.42. The second kappa shape index (κ2) is 16.2. The maximum absolute atomic E-state index is 13.3. The first-order valence-corrected chi connectivity index (χ1v) is 14.4. The summed E-state index contributed by atoms with van der Waals surface area (Å²) in [5.74, 6) is -1.46. The largest absolute Gasteiger partial charge is 0.425 e. The number of carbonyl (C=O) groups is 1. The maximum atomic E-state index is 13.3. The molecule has 0 fully saturated rings. The van der Waals surface area contributed by atoms with Crippen molar-refractivity contribution in [2.75, 3.05) is 6.61 Å². The van der Waals surface area contributed by atoms with Gasteiger partial charge in [0.1, 0.15) is 5.75 Å². The van der Waals surface area contributed by atoms with Gasteiger partial charge in [-0.3, -0.25) is 4.98 Å². The number of esters is 1. The quantitative estimate of drug-likeness (QED) is 0.100. The highest BCUT2D eigenvalue weighted by Gasteiger charge is 2.47. The summed E-state index contributed by atoms with van der Waals surface area (Å²) in [6.45, 7) is 4.01. The molecule has 1 heterocycles. The zero-order valence-corrected chi connectivity index (χ0v) is 23.5. The first-order valence-electron chi connectivity index (χ1n) is 14.4. The van der Waals surface area contributed by atoms with Crippen molar-refractivity contribution in [2.24, 2.45) is 0 Å². The lowest BCUT2D eigenvalue weighted by molar-refractivity contribution is -0.225. The molecule has 1 atom stereocenters. The number of halogens is 3. The van der Waals surface area contributed by atoms with Crippen LogP contribution in [0, 0.1) is 0 Å². The first kappa shape index (κ1) is 31.3. The van der Waals surface area contributed by atoms with Crippen LogP contribution < -0.4 is 4.74 Å². The van der Waals surface area contributed by atoms with Gasteiger partial charge in [-0.2, -0.15) is 13.2 Å². The maximum Gasteiger partial charge on any atom is 0.425 e. The van der Waals surface area contributed by atoms with Gasteiger partial charge in [-0.25, -0.2) is 4.79 Å². The molecular formula is C33H40F3NO3. The molecule has 0 aliphatic rings. The Balaban J connectivity index is 1.55. The molecular weight excluding hydrogens is 515 g/mol. The number of hydrogen-bond donors (Lipinski definition) is 0. The van der Waals surface area contributed by atoms with Gasteiger partial charge in [0.2, 0.25) is 0 Å². The number of rotatable bonds is 16. The predicted molar refractivity (Wildman–Crippen MR) is 153 cm³/mol. The van der Waals surface area contributed by atoms with E-state index in [0.29, 0.717) is 12.1 Å². The van der Waals surface area contributed by atoms with Crippen LogP contribution in [0.15, 0.2) is 66.9 Å². The molecule has 0 spiro atoms. The zero-order valence-electron chi connectivity index (χ0n) is 23.5. The molecule has 0 saturated carbocycles. The lowest BCUT2D eigenvalue weighted by Crippen LogP contribution is -2.42. The third-order valence-corrected chi connectivity index (χ3v) is 6.78. The average molecular weight is 556 g/mol. The predicted octanol–water partition coefficient (Wildman–Crippen LogP) is 9.36.